The molecule has 0 aromatic heterocycles. The van der Waals surface area contributed by atoms with Gasteiger partial charge in [-0.15, -0.1) is 0 Å². The lowest BCUT2D eigenvalue weighted by Gasteiger charge is -2.16. The second-order valence-electron chi connectivity index (χ2n) is 5.66. The van der Waals surface area contributed by atoms with Crippen LogP contribution in [0, 0.1) is 0 Å². The van der Waals surface area contributed by atoms with Crippen molar-refractivity contribution in [2.45, 2.75) is 13.0 Å². The molecule has 0 amide bonds. The van der Waals surface area contributed by atoms with Crippen LogP contribution in [0.25, 0.3) is 0 Å². The van der Waals surface area contributed by atoms with Crippen LogP contribution < -0.4 is 26.2 Å². The molecule has 0 heterocycles. The Bertz CT molecular complexity index is 718. The fraction of sp³-hybridized carbons (Fsp3) is 0.412. The van der Waals surface area contributed by atoms with Gasteiger partial charge in [0.2, 0.25) is 0 Å². The summed E-state index contributed by atoms with van der Waals surface area (Å²) in [5.41, 5.74) is 0.781. The van der Waals surface area contributed by atoms with Crippen molar-refractivity contribution < 1.29 is 4.74 Å². The Balaban J connectivity index is 1.97. The second kappa shape index (κ2) is 7.78. The van der Waals surface area contributed by atoms with Crippen molar-refractivity contribution in [3.05, 3.63) is 50.3 Å². The van der Waals surface area contributed by atoms with E-state index in [-0.39, 0.29) is 0 Å². The number of hydrogen-bond acceptors (Lipinski definition) is 6. The Morgan fingerprint density at radius 1 is 1.04 bits per heavy atom. The molecule has 2 rings (SSSR count). The maximum absolute atomic E-state index is 11.7. The van der Waals surface area contributed by atoms with Gasteiger partial charge in [-0.2, -0.15) is 0 Å². The largest absolute Gasteiger partial charge is 0.496 e. The first kappa shape index (κ1) is 17.0. The minimum absolute atomic E-state index is 0.366. The predicted molar refractivity (Wildman–Crippen MR) is 93.3 cm³/mol. The van der Waals surface area contributed by atoms with Gasteiger partial charge < -0.3 is 20.3 Å². The molecule has 0 saturated heterocycles. The molecular weight excluding hydrogens is 294 g/mol. The zero-order valence-electron chi connectivity index (χ0n) is 13.8. The van der Waals surface area contributed by atoms with Crippen LogP contribution in [0.2, 0.25) is 0 Å². The molecule has 2 aromatic carbocycles. The minimum Gasteiger partial charge on any atom is -0.496 e. The van der Waals surface area contributed by atoms with Crippen LogP contribution in [0.15, 0.2) is 33.9 Å². The van der Waals surface area contributed by atoms with Gasteiger partial charge in [0.25, 0.3) is 10.9 Å². The smallest absolute Gasteiger partial charge is 0.253 e. The third-order valence-corrected chi connectivity index (χ3v) is 3.64. The van der Waals surface area contributed by atoms with Crippen LogP contribution in [-0.2, 0) is 6.54 Å². The first-order valence-corrected chi connectivity index (χ1v) is 7.62. The third kappa shape index (κ3) is 4.10. The van der Waals surface area contributed by atoms with E-state index < -0.39 is 10.9 Å². The van der Waals surface area contributed by atoms with Crippen LogP contribution in [0.4, 0.5) is 11.4 Å². The van der Waals surface area contributed by atoms with E-state index in [9.17, 15) is 9.59 Å². The number of para-hydroxylation sites is 1. The molecule has 0 atom stereocenters. The van der Waals surface area contributed by atoms with Gasteiger partial charge >= 0.3 is 0 Å². The van der Waals surface area contributed by atoms with E-state index in [0.717, 1.165) is 24.3 Å². The highest BCUT2D eigenvalue weighted by Gasteiger charge is 2.20. The molecule has 6 heteroatoms. The van der Waals surface area contributed by atoms with Crippen molar-refractivity contribution in [3.63, 3.8) is 0 Å². The summed E-state index contributed by atoms with van der Waals surface area (Å²) >= 11 is 0. The minimum atomic E-state index is -0.463. The normalized spacial score (nSPS) is 11.0. The van der Waals surface area contributed by atoms with Gasteiger partial charge in [-0.1, -0.05) is 18.2 Å². The monoisotopic (exact) mass is 317 g/mol. The van der Waals surface area contributed by atoms with Crippen molar-refractivity contribution in [3.8, 4) is 5.75 Å². The highest BCUT2D eigenvalue weighted by atomic mass is 16.5. The summed E-state index contributed by atoms with van der Waals surface area (Å²) < 4.78 is 5.28. The van der Waals surface area contributed by atoms with Crippen molar-refractivity contribution in [2.24, 2.45) is 0 Å². The number of hydrogen-bond donors (Lipinski definition) is 2. The number of anilines is 2. The van der Waals surface area contributed by atoms with Gasteiger partial charge in [-0.25, -0.2) is 0 Å². The Kier molecular flexibility index (Phi) is 5.76. The molecule has 0 bridgehead atoms. The molecule has 0 spiro atoms. The maximum Gasteiger partial charge on any atom is 0.253 e. The number of nitrogens with zero attached hydrogens (tertiary/aromatic N) is 1. The molecule has 0 radical (unpaired) electrons. The molecule has 6 nitrogen and oxygen atoms in total. The molecule has 0 aliphatic rings. The fourth-order valence-corrected chi connectivity index (χ4v) is 2.37. The number of benzene rings is 1. The SMILES string of the molecule is COc1ccccc1CNc1c(NCCCN(C)C)c(=O)c1=O. The van der Waals surface area contributed by atoms with Crippen molar-refractivity contribution in [2.75, 3.05) is 44.9 Å². The number of methoxy groups -OCH3 is 1. The van der Waals surface area contributed by atoms with Crippen molar-refractivity contribution in [1.29, 1.82) is 0 Å². The summed E-state index contributed by atoms with van der Waals surface area (Å²) in [6.45, 7) is 2.01. The summed E-state index contributed by atoms with van der Waals surface area (Å²) in [6, 6.07) is 7.57. The van der Waals surface area contributed by atoms with Crippen LogP contribution in [0.5, 0.6) is 5.75 Å². The van der Waals surface area contributed by atoms with E-state index in [2.05, 4.69) is 15.5 Å². The van der Waals surface area contributed by atoms with E-state index in [1.54, 1.807) is 7.11 Å². The predicted octanol–water partition coefficient (Wildman–Crippen LogP) is 1.27. The molecule has 2 aromatic rings. The van der Waals surface area contributed by atoms with E-state index >= 15 is 0 Å². The van der Waals surface area contributed by atoms with Crippen molar-refractivity contribution in [1.82, 2.24) is 4.90 Å². The molecule has 2 N–H and O–H groups in total. The molecule has 0 aliphatic heterocycles. The van der Waals surface area contributed by atoms with Crippen LogP contribution in [0.1, 0.15) is 12.0 Å². The highest BCUT2D eigenvalue weighted by molar-refractivity contribution is 5.74. The summed E-state index contributed by atoms with van der Waals surface area (Å²) in [7, 11) is 5.60. The zero-order chi connectivity index (χ0) is 16.8. The van der Waals surface area contributed by atoms with Crippen LogP contribution >= 0.6 is 0 Å². The summed E-state index contributed by atoms with van der Waals surface area (Å²) in [5.74, 6) is 0.749. The van der Waals surface area contributed by atoms with Gasteiger partial charge in [0, 0.05) is 18.7 Å². The molecule has 0 aliphatic carbocycles. The molecule has 0 fully saturated rings. The Morgan fingerprint density at radius 2 is 1.70 bits per heavy atom. The average Bonchev–Trinajstić information content (AvgIpc) is 2.56. The van der Waals surface area contributed by atoms with Gasteiger partial charge in [-0.05, 0) is 33.1 Å². The number of rotatable bonds is 9. The molecule has 23 heavy (non-hydrogen) atoms. The molecular formula is C17H23N3O3. The van der Waals surface area contributed by atoms with Crippen molar-refractivity contribution >= 4 is 11.4 Å². The number of nitrogens with one attached hydrogen (secondary N) is 2. The quantitative estimate of drug-likeness (QED) is 0.536. The van der Waals surface area contributed by atoms with E-state index in [1.807, 2.05) is 38.4 Å². The zero-order valence-corrected chi connectivity index (χ0v) is 13.8. The first-order valence-electron chi connectivity index (χ1n) is 7.62. The van der Waals surface area contributed by atoms with Gasteiger partial charge in [0.1, 0.15) is 17.1 Å². The summed E-state index contributed by atoms with van der Waals surface area (Å²) in [4.78, 5) is 25.5. The maximum atomic E-state index is 11.7. The standard InChI is InChI=1S/C17H23N3O3/c1-20(2)10-6-9-18-14-15(17(22)16(14)21)19-11-12-7-4-5-8-13(12)23-3/h4-5,7-8,18-19H,6,9-11H2,1-3H3. The Labute approximate surface area is 135 Å². The van der Waals surface area contributed by atoms with Gasteiger partial charge in [-0.3, -0.25) is 9.59 Å². The fourth-order valence-electron chi connectivity index (χ4n) is 2.37. The molecule has 0 unspecified atom stereocenters. The Hall–Kier alpha value is -2.34. The van der Waals surface area contributed by atoms with E-state index in [0.29, 0.717) is 24.5 Å². The molecule has 124 valence electrons. The molecule has 0 saturated carbocycles. The lowest BCUT2D eigenvalue weighted by molar-refractivity contribution is 0.405. The summed E-state index contributed by atoms with van der Waals surface area (Å²) in [5, 5.41) is 6.10. The lowest BCUT2D eigenvalue weighted by atomic mass is 10.1. The topological polar surface area (TPSA) is 70.7 Å². The first-order chi connectivity index (χ1) is 11.0. The van der Waals surface area contributed by atoms with E-state index in [1.165, 1.54) is 0 Å². The van der Waals surface area contributed by atoms with Crippen LogP contribution in [-0.4, -0.2) is 39.2 Å². The van der Waals surface area contributed by atoms with Crippen LogP contribution in [0.3, 0.4) is 0 Å². The second-order valence-corrected chi connectivity index (χ2v) is 5.66. The van der Waals surface area contributed by atoms with Gasteiger partial charge in [0.15, 0.2) is 0 Å². The van der Waals surface area contributed by atoms with E-state index in [4.69, 9.17) is 4.74 Å². The lowest BCUT2D eigenvalue weighted by Crippen LogP contribution is -2.37. The number of ether oxygens (including phenoxy) is 1. The Morgan fingerprint density at radius 3 is 2.35 bits per heavy atom. The van der Waals surface area contributed by atoms with Gasteiger partial charge in [0.05, 0.1) is 7.11 Å². The summed E-state index contributed by atoms with van der Waals surface area (Å²) in [6.07, 6.45) is 0.901. The third-order valence-electron chi connectivity index (χ3n) is 3.64. The highest BCUT2D eigenvalue weighted by Crippen LogP contribution is 2.20. The average molecular weight is 317 g/mol.